The first-order valence-corrected chi connectivity index (χ1v) is 5.59. The summed E-state index contributed by atoms with van der Waals surface area (Å²) < 4.78 is 21.7. The molecule has 0 aliphatic rings. The molecule has 0 aromatic carbocycles. The van der Waals surface area contributed by atoms with Crippen molar-refractivity contribution in [2.24, 2.45) is 5.14 Å². The van der Waals surface area contributed by atoms with E-state index < -0.39 is 10.0 Å². The third-order valence-electron chi connectivity index (χ3n) is 1.53. The van der Waals surface area contributed by atoms with E-state index in [9.17, 15) is 8.42 Å². The summed E-state index contributed by atoms with van der Waals surface area (Å²) in [4.78, 5) is 3.55. The van der Waals surface area contributed by atoms with Crippen LogP contribution >= 0.6 is 11.3 Å². The Morgan fingerprint density at radius 2 is 2.25 bits per heavy atom. The summed E-state index contributed by atoms with van der Waals surface area (Å²) in [5.74, 6) is 0. The maximum Gasteiger partial charge on any atom is 0.253 e. The van der Waals surface area contributed by atoms with Crippen molar-refractivity contribution >= 4 is 31.6 Å². The molecule has 0 spiro atoms. The van der Waals surface area contributed by atoms with E-state index in [1.165, 1.54) is 17.4 Å². The van der Waals surface area contributed by atoms with Crippen LogP contribution in [0.2, 0.25) is 0 Å². The fraction of sp³-hybridized carbons (Fsp3) is 0. The second-order valence-electron chi connectivity index (χ2n) is 2.38. The van der Waals surface area contributed by atoms with Crippen LogP contribution in [0.3, 0.4) is 0 Å². The lowest BCUT2D eigenvalue weighted by molar-refractivity contribution is 0.595. The lowest BCUT2D eigenvalue weighted by atomic mass is 10.4. The molecule has 0 saturated heterocycles. The van der Waals surface area contributed by atoms with Crippen molar-refractivity contribution in [3.63, 3.8) is 0 Å². The number of H-pyrrole nitrogens is 1. The molecule has 0 aliphatic heterocycles. The highest BCUT2D eigenvalue weighted by molar-refractivity contribution is 7.89. The summed E-state index contributed by atoms with van der Waals surface area (Å²) in [6.07, 6.45) is 0. The van der Waals surface area contributed by atoms with Crippen LogP contribution in [0.5, 0.6) is 0 Å². The van der Waals surface area contributed by atoms with Crippen molar-refractivity contribution in [1.82, 2.24) is 4.98 Å². The van der Waals surface area contributed by atoms with Crippen LogP contribution in [0.25, 0.3) is 10.2 Å². The van der Waals surface area contributed by atoms with Gasteiger partial charge in [-0.2, -0.15) is 0 Å². The SMILES string of the molecule is NS(=O)(=O)c1cc2ccsc2[nH]1. The fourth-order valence-corrected chi connectivity index (χ4v) is 2.36. The topological polar surface area (TPSA) is 76.0 Å². The van der Waals surface area contributed by atoms with Gasteiger partial charge in [0.25, 0.3) is 10.0 Å². The van der Waals surface area contributed by atoms with Gasteiger partial charge in [0.15, 0.2) is 0 Å². The maximum atomic E-state index is 10.9. The second kappa shape index (κ2) is 2.32. The number of sulfonamides is 1. The third-order valence-corrected chi connectivity index (χ3v) is 3.20. The molecule has 0 bridgehead atoms. The Morgan fingerprint density at radius 1 is 1.50 bits per heavy atom. The summed E-state index contributed by atoms with van der Waals surface area (Å²) >= 11 is 1.45. The molecule has 0 aliphatic carbocycles. The monoisotopic (exact) mass is 202 g/mol. The molecule has 2 aromatic heterocycles. The van der Waals surface area contributed by atoms with Crippen molar-refractivity contribution in [2.45, 2.75) is 5.03 Å². The number of rotatable bonds is 1. The predicted molar refractivity (Wildman–Crippen MR) is 47.5 cm³/mol. The van der Waals surface area contributed by atoms with Crippen LogP contribution < -0.4 is 5.14 Å². The number of aromatic amines is 1. The second-order valence-corrected chi connectivity index (χ2v) is 4.83. The van der Waals surface area contributed by atoms with Gasteiger partial charge in [-0.15, -0.1) is 11.3 Å². The number of fused-ring (bicyclic) bond motifs is 1. The van der Waals surface area contributed by atoms with E-state index in [2.05, 4.69) is 4.98 Å². The molecular formula is C6H6N2O2S2. The van der Waals surface area contributed by atoms with Gasteiger partial charge in [0.2, 0.25) is 0 Å². The number of hydrogen-bond acceptors (Lipinski definition) is 3. The number of thiophene rings is 1. The first-order valence-electron chi connectivity index (χ1n) is 3.16. The van der Waals surface area contributed by atoms with Crippen LogP contribution in [0.4, 0.5) is 0 Å². The minimum atomic E-state index is -3.58. The van der Waals surface area contributed by atoms with Crippen molar-refractivity contribution in [2.75, 3.05) is 0 Å². The van der Waals surface area contributed by atoms with E-state index in [-0.39, 0.29) is 5.03 Å². The molecule has 0 amide bonds. The normalized spacial score (nSPS) is 12.4. The van der Waals surface area contributed by atoms with Gasteiger partial charge in [-0.25, -0.2) is 13.6 Å². The zero-order chi connectivity index (χ0) is 8.77. The lowest BCUT2D eigenvalue weighted by Crippen LogP contribution is -2.12. The summed E-state index contributed by atoms with van der Waals surface area (Å²) in [7, 11) is -3.58. The van der Waals surface area contributed by atoms with Gasteiger partial charge in [-0.1, -0.05) is 0 Å². The molecule has 12 heavy (non-hydrogen) atoms. The zero-order valence-electron chi connectivity index (χ0n) is 5.94. The van der Waals surface area contributed by atoms with Gasteiger partial charge in [0, 0.05) is 5.39 Å². The quantitative estimate of drug-likeness (QED) is 0.720. The van der Waals surface area contributed by atoms with E-state index >= 15 is 0 Å². The molecule has 2 aromatic rings. The third kappa shape index (κ3) is 1.13. The molecule has 2 heterocycles. The molecule has 0 atom stereocenters. The van der Waals surface area contributed by atoms with E-state index in [0.29, 0.717) is 0 Å². The van der Waals surface area contributed by atoms with E-state index in [4.69, 9.17) is 5.14 Å². The Balaban J connectivity index is 2.75. The van der Waals surface area contributed by atoms with Crippen LogP contribution in [0, 0.1) is 0 Å². The van der Waals surface area contributed by atoms with Crippen LogP contribution in [-0.4, -0.2) is 13.4 Å². The average molecular weight is 202 g/mol. The Labute approximate surface area is 73.1 Å². The zero-order valence-corrected chi connectivity index (χ0v) is 7.58. The Hall–Kier alpha value is -0.850. The molecule has 0 radical (unpaired) electrons. The highest BCUT2D eigenvalue weighted by Crippen LogP contribution is 2.22. The van der Waals surface area contributed by atoms with E-state index in [0.717, 1.165) is 10.2 Å². The van der Waals surface area contributed by atoms with Crippen LogP contribution in [-0.2, 0) is 10.0 Å². The summed E-state index contributed by atoms with van der Waals surface area (Å²) in [5, 5.41) is 7.76. The molecule has 4 nitrogen and oxygen atoms in total. The molecular weight excluding hydrogens is 196 g/mol. The van der Waals surface area contributed by atoms with Crippen LogP contribution in [0.1, 0.15) is 0 Å². The number of nitrogens with two attached hydrogens (primary N) is 1. The number of nitrogens with one attached hydrogen (secondary N) is 1. The number of primary sulfonamides is 1. The average Bonchev–Trinajstić information content (AvgIpc) is 2.37. The Morgan fingerprint density at radius 3 is 2.83 bits per heavy atom. The molecule has 3 N–H and O–H groups in total. The van der Waals surface area contributed by atoms with Crippen molar-refractivity contribution in [1.29, 1.82) is 0 Å². The smallest absolute Gasteiger partial charge is 0.253 e. The summed E-state index contributed by atoms with van der Waals surface area (Å²) in [6, 6.07) is 3.37. The first-order chi connectivity index (χ1) is 5.57. The molecule has 0 unspecified atom stereocenters. The molecule has 0 saturated carbocycles. The molecule has 6 heteroatoms. The fourth-order valence-electron chi connectivity index (χ4n) is 0.977. The standard InChI is InChI=1S/C6H6N2O2S2/c7-12(9,10)5-3-4-1-2-11-6(4)8-5/h1-3,8H,(H2,7,9,10). The van der Waals surface area contributed by atoms with E-state index in [1.807, 2.05) is 11.4 Å². The minimum absolute atomic E-state index is 0.0735. The lowest BCUT2D eigenvalue weighted by Gasteiger charge is -1.88. The largest absolute Gasteiger partial charge is 0.336 e. The Kier molecular flexibility index (Phi) is 1.50. The Bertz CT molecular complexity index is 480. The highest BCUT2D eigenvalue weighted by atomic mass is 32.2. The number of aromatic nitrogens is 1. The van der Waals surface area contributed by atoms with Gasteiger partial charge in [0.1, 0.15) is 9.86 Å². The van der Waals surface area contributed by atoms with Crippen molar-refractivity contribution in [3.8, 4) is 0 Å². The van der Waals surface area contributed by atoms with Gasteiger partial charge < -0.3 is 4.98 Å². The van der Waals surface area contributed by atoms with E-state index in [1.54, 1.807) is 0 Å². The molecule has 64 valence electrons. The predicted octanol–water partition coefficient (Wildman–Crippen LogP) is 0.877. The molecule has 2 rings (SSSR count). The summed E-state index contributed by atoms with van der Waals surface area (Å²) in [6.45, 7) is 0. The van der Waals surface area contributed by atoms with Crippen molar-refractivity contribution < 1.29 is 8.42 Å². The summed E-state index contributed by atoms with van der Waals surface area (Å²) in [5.41, 5.74) is 0. The first kappa shape index (κ1) is 7.78. The maximum absolute atomic E-state index is 10.9. The minimum Gasteiger partial charge on any atom is -0.336 e. The van der Waals surface area contributed by atoms with Gasteiger partial charge in [0.05, 0.1) is 0 Å². The van der Waals surface area contributed by atoms with Crippen LogP contribution in [0.15, 0.2) is 22.5 Å². The molecule has 0 fully saturated rings. The van der Waals surface area contributed by atoms with Crippen molar-refractivity contribution in [3.05, 3.63) is 17.5 Å². The highest BCUT2D eigenvalue weighted by Gasteiger charge is 2.11. The number of hydrogen-bond donors (Lipinski definition) is 2. The van der Waals surface area contributed by atoms with Gasteiger partial charge >= 0.3 is 0 Å². The van der Waals surface area contributed by atoms with Gasteiger partial charge in [-0.3, -0.25) is 0 Å². The van der Waals surface area contributed by atoms with Gasteiger partial charge in [-0.05, 0) is 17.5 Å².